The van der Waals surface area contributed by atoms with Crippen molar-refractivity contribution in [3.05, 3.63) is 186 Å². The number of esters is 1. The second-order valence-corrected chi connectivity index (χ2v) is 19.5. The molecule has 2 fully saturated rings. The molecule has 398 valence electrons. The number of fused-ring (bicyclic) bond motifs is 8. The van der Waals surface area contributed by atoms with Crippen molar-refractivity contribution in [2.24, 2.45) is 0 Å². The molecule has 76 heavy (non-hydrogen) atoms. The van der Waals surface area contributed by atoms with Crippen molar-refractivity contribution in [1.29, 1.82) is 0 Å². The molecule has 8 heterocycles. The normalized spacial score (nSPS) is 19.8. The summed E-state index contributed by atoms with van der Waals surface area (Å²) >= 11 is 7.04. The molecular formula is C51H43F4I3N6O10S2. The highest BCUT2D eigenvalue weighted by Crippen LogP contribution is 2.47. The van der Waals surface area contributed by atoms with Crippen molar-refractivity contribution in [3.63, 3.8) is 0 Å². The van der Waals surface area contributed by atoms with Gasteiger partial charge in [-0.3, -0.25) is 43.3 Å². The van der Waals surface area contributed by atoms with E-state index in [0.29, 0.717) is 17.7 Å². The number of morpholine rings is 2. The summed E-state index contributed by atoms with van der Waals surface area (Å²) in [5.74, 6) is -5.75. The smallest absolute Gasteiger partial charge is 0.305 e. The van der Waals surface area contributed by atoms with E-state index in [2.05, 4.69) is 37.2 Å². The van der Waals surface area contributed by atoms with Gasteiger partial charge in [0.15, 0.2) is 40.4 Å². The highest BCUT2D eigenvalue weighted by Gasteiger charge is 2.48. The van der Waals surface area contributed by atoms with Crippen LogP contribution in [0.5, 0.6) is 11.5 Å². The summed E-state index contributed by atoms with van der Waals surface area (Å²) in [6.45, 7) is 2.04. The SMILES string of the molecule is CC(=O)OCOc1c2n(ccc1=O)N([C@@H]1c3ccccc3SCc3c1ccc(F)c3F)[C@@H]1COCCN1C2=O.I.II.O=C1c2c(O)c(=O)ccn2N([C@@H]2c3ccccc3SCc3c2ccc(F)c3F)[C@@H]2COCCN12. The minimum absolute atomic E-state index is 0. The molecule has 0 spiro atoms. The molecular weight excluding hydrogens is 1380 g/mol. The van der Waals surface area contributed by atoms with Crippen LogP contribution in [-0.2, 0) is 30.5 Å². The summed E-state index contributed by atoms with van der Waals surface area (Å²) in [5.41, 5.74) is 1.71. The Hall–Kier alpha value is -5.08. The number of rotatable bonds is 5. The average Bonchev–Trinajstić information content (AvgIpc) is 3.70. The number of aromatic hydroxyl groups is 1. The summed E-state index contributed by atoms with van der Waals surface area (Å²) in [4.78, 5) is 68.4. The van der Waals surface area contributed by atoms with Gasteiger partial charge < -0.3 is 33.9 Å². The Morgan fingerprint density at radius 3 is 1.62 bits per heavy atom. The molecule has 25 heteroatoms. The Bertz CT molecular complexity index is 3400. The number of thioether (sulfide) groups is 2. The predicted octanol–water partition coefficient (Wildman–Crippen LogP) is 8.54. The quantitative estimate of drug-likeness (QED) is 0.0756. The van der Waals surface area contributed by atoms with E-state index in [1.54, 1.807) is 21.9 Å². The molecule has 6 aliphatic heterocycles. The van der Waals surface area contributed by atoms with E-state index in [4.69, 9.17) is 18.9 Å². The van der Waals surface area contributed by atoms with Gasteiger partial charge in [0.1, 0.15) is 12.3 Å². The lowest BCUT2D eigenvalue weighted by atomic mass is 9.93. The number of aromatic nitrogens is 2. The van der Waals surface area contributed by atoms with Crippen LogP contribution in [0.3, 0.4) is 0 Å². The number of halogens is 7. The van der Waals surface area contributed by atoms with Gasteiger partial charge in [-0.1, -0.05) is 48.5 Å². The summed E-state index contributed by atoms with van der Waals surface area (Å²) in [6.07, 6.45) is 1.66. The molecule has 2 aromatic heterocycles. The monoisotopic (exact) mass is 1420 g/mol. The van der Waals surface area contributed by atoms with Crippen LogP contribution in [0.4, 0.5) is 17.6 Å². The Balaban J connectivity index is 0.000000179. The zero-order chi connectivity index (χ0) is 52.8. The minimum Gasteiger partial charge on any atom is -0.502 e. The van der Waals surface area contributed by atoms with Gasteiger partial charge >= 0.3 is 5.97 Å². The Labute approximate surface area is 479 Å². The standard InChI is InChI=1S/C27H23F2N3O6S.C24H19F2N3O4S.I2.HI/c1-15(33)37-14-38-26-20(34)8-9-31-25(26)27(35)30-10-11-36-12-22(30)32(31)24-16-6-7-19(28)23(29)18(16)13-39-21-5-3-2-4-17(21)24;25-16-6-5-13-15(20(16)26)12-34-18-4-2-1-3-14(18)21(13)29-19-11-33-10-9-27(19)24(32)22-23(31)17(30)7-8-28(22)29;1-2;/h2-9,22,24H,10-14H2,1H3;1-8,19,21,31H,9-12H2;;1H/t22-,24+;19-,21+;;/m11../s1. The summed E-state index contributed by atoms with van der Waals surface area (Å²) in [5, 5.41) is 14.3. The van der Waals surface area contributed by atoms with Crippen molar-refractivity contribution in [2.75, 3.05) is 56.3 Å². The Morgan fingerprint density at radius 2 is 1.12 bits per heavy atom. The lowest BCUT2D eigenvalue weighted by molar-refractivity contribution is -0.147. The molecule has 16 nitrogen and oxygen atoms in total. The molecule has 6 aliphatic rings. The molecule has 2 amide bonds. The number of ether oxygens (including phenoxy) is 4. The highest BCUT2D eigenvalue weighted by molar-refractivity contribution is 15.0. The van der Waals surface area contributed by atoms with Gasteiger partial charge in [0.25, 0.3) is 11.8 Å². The van der Waals surface area contributed by atoms with E-state index >= 15 is 8.78 Å². The number of carbonyl (C=O) groups excluding carboxylic acids is 3. The first-order valence-corrected chi connectivity index (χ1v) is 31.4. The van der Waals surface area contributed by atoms with E-state index in [1.165, 1.54) is 64.3 Å². The molecule has 0 unspecified atom stereocenters. The van der Waals surface area contributed by atoms with Gasteiger partial charge in [0, 0.05) is 114 Å². The van der Waals surface area contributed by atoms with Crippen LogP contribution < -0.4 is 25.6 Å². The van der Waals surface area contributed by atoms with Crippen LogP contribution in [0.2, 0.25) is 0 Å². The van der Waals surface area contributed by atoms with E-state index in [-0.39, 0.29) is 96.7 Å². The van der Waals surface area contributed by atoms with E-state index < -0.39 is 88.9 Å². The average molecular weight is 1420 g/mol. The number of amides is 2. The Morgan fingerprint density at radius 1 is 0.658 bits per heavy atom. The van der Waals surface area contributed by atoms with Crippen LogP contribution >= 0.6 is 84.7 Å². The molecule has 0 radical (unpaired) electrons. The van der Waals surface area contributed by atoms with Crippen LogP contribution in [-0.4, -0.2) is 101 Å². The van der Waals surface area contributed by atoms with Crippen LogP contribution in [0.15, 0.2) is 117 Å². The van der Waals surface area contributed by atoms with Crippen molar-refractivity contribution in [3.8, 4) is 11.5 Å². The lowest BCUT2D eigenvalue weighted by Crippen LogP contribution is -2.66. The minimum atomic E-state index is -0.944. The first-order chi connectivity index (χ1) is 36.3. The summed E-state index contributed by atoms with van der Waals surface area (Å²) in [7, 11) is 0. The van der Waals surface area contributed by atoms with Crippen molar-refractivity contribution in [2.45, 2.75) is 52.6 Å². The zero-order valence-corrected chi connectivity index (χ0v) is 48.0. The van der Waals surface area contributed by atoms with Gasteiger partial charge in [0.05, 0.1) is 38.5 Å². The van der Waals surface area contributed by atoms with Gasteiger partial charge in [-0.2, -0.15) is 0 Å². The fourth-order valence-corrected chi connectivity index (χ4v) is 12.5. The molecule has 0 bridgehead atoms. The number of carbonyl (C=O) groups is 3. The number of nitrogens with zero attached hydrogens (tertiary/aromatic N) is 6. The first-order valence-electron chi connectivity index (χ1n) is 23.2. The maximum Gasteiger partial charge on any atom is 0.305 e. The molecule has 1 N–H and O–H groups in total. The van der Waals surface area contributed by atoms with Gasteiger partial charge in [-0.15, -0.1) is 47.5 Å². The largest absolute Gasteiger partial charge is 0.502 e. The van der Waals surface area contributed by atoms with Crippen LogP contribution in [0.1, 0.15) is 73.4 Å². The molecule has 6 aromatic rings. The predicted molar refractivity (Wildman–Crippen MR) is 300 cm³/mol. The number of pyridine rings is 2. The second-order valence-electron chi connectivity index (χ2n) is 17.5. The third-order valence-electron chi connectivity index (χ3n) is 13.6. The maximum atomic E-state index is 15.2. The third kappa shape index (κ3) is 9.93. The number of hydrogen-bond acceptors (Lipinski definition) is 14. The van der Waals surface area contributed by atoms with Crippen LogP contribution in [0.25, 0.3) is 0 Å². The molecule has 0 saturated carbocycles. The summed E-state index contributed by atoms with van der Waals surface area (Å²) in [6, 6.07) is 21.6. The molecule has 0 aliphatic carbocycles. The van der Waals surface area contributed by atoms with Crippen molar-refractivity contribution in [1.82, 2.24) is 19.2 Å². The Kier molecular flexibility index (Phi) is 17.2. The zero-order valence-electron chi connectivity index (χ0n) is 39.7. The van der Waals surface area contributed by atoms with E-state index in [9.17, 15) is 37.9 Å². The topological polar surface area (TPSA) is 165 Å². The molecule has 2 saturated heterocycles. The van der Waals surface area contributed by atoms with E-state index in [1.807, 2.05) is 58.5 Å². The van der Waals surface area contributed by atoms with Gasteiger partial charge in [-0.25, -0.2) is 17.6 Å². The van der Waals surface area contributed by atoms with E-state index in [0.717, 1.165) is 33.1 Å². The van der Waals surface area contributed by atoms with Gasteiger partial charge in [-0.05, 0) is 46.5 Å². The van der Waals surface area contributed by atoms with Crippen molar-refractivity contribution >= 4 is 103 Å². The van der Waals surface area contributed by atoms with Crippen molar-refractivity contribution < 1.29 is 56.0 Å². The highest BCUT2D eigenvalue weighted by atomic mass is 128. The number of benzene rings is 4. The maximum absolute atomic E-state index is 15.2. The molecule has 12 rings (SSSR count). The molecule has 4 aromatic carbocycles. The van der Waals surface area contributed by atoms with Gasteiger partial charge in [0.2, 0.25) is 23.4 Å². The summed E-state index contributed by atoms with van der Waals surface area (Å²) < 4.78 is 83.8. The first kappa shape index (κ1) is 55.7. The lowest BCUT2D eigenvalue weighted by Gasteiger charge is -2.51. The molecule has 4 atom stereocenters. The third-order valence-corrected chi connectivity index (χ3v) is 15.8. The fourth-order valence-electron chi connectivity index (χ4n) is 10.3. The van der Waals surface area contributed by atoms with Crippen LogP contribution in [0, 0.1) is 23.3 Å². The fraction of sp³-hybridized carbons (Fsp3) is 0.275. The number of hydrogen-bond donors (Lipinski definition) is 1. The second kappa shape index (κ2) is 23.5.